The summed E-state index contributed by atoms with van der Waals surface area (Å²) in [5, 5.41) is 5.95. The molecule has 1 aliphatic rings. The molecular formula is C19H21ClN2O5. The van der Waals surface area contributed by atoms with Crippen molar-refractivity contribution in [1.82, 2.24) is 5.32 Å². The Balaban J connectivity index is 1.56. The lowest BCUT2D eigenvalue weighted by Gasteiger charge is -2.19. The van der Waals surface area contributed by atoms with Gasteiger partial charge in [0.05, 0.1) is 24.9 Å². The van der Waals surface area contributed by atoms with Gasteiger partial charge in [-0.25, -0.2) is 4.79 Å². The zero-order valence-electron chi connectivity index (χ0n) is 15.1. The van der Waals surface area contributed by atoms with Crippen LogP contribution in [0.3, 0.4) is 0 Å². The van der Waals surface area contributed by atoms with E-state index in [-0.39, 0.29) is 6.03 Å². The van der Waals surface area contributed by atoms with Crippen molar-refractivity contribution >= 4 is 23.3 Å². The molecule has 0 aliphatic carbocycles. The highest BCUT2D eigenvalue weighted by Gasteiger charge is 2.13. The molecule has 2 N–H and O–H groups in total. The predicted octanol–water partition coefficient (Wildman–Crippen LogP) is 3.49. The zero-order chi connectivity index (χ0) is 19.2. The second-order valence-corrected chi connectivity index (χ2v) is 6.20. The summed E-state index contributed by atoms with van der Waals surface area (Å²) in [6.45, 7) is 1.56. The number of hydrogen-bond donors (Lipinski definition) is 2. The minimum atomic E-state index is -0.352. The summed E-state index contributed by atoms with van der Waals surface area (Å²) < 4.78 is 21.5. The molecule has 0 spiro atoms. The van der Waals surface area contributed by atoms with Crippen molar-refractivity contribution in [2.24, 2.45) is 0 Å². The van der Waals surface area contributed by atoms with Crippen LogP contribution in [0, 0.1) is 0 Å². The molecular weight excluding hydrogens is 372 g/mol. The SMILES string of the molecule is COc1cc(NC(=O)NCCc2ccc3c(c2)OCCO3)c(OC)cc1Cl. The molecule has 2 aromatic rings. The van der Waals surface area contributed by atoms with Gasteiger partial charge in [0, 0.05) is 18.7 Å². The van der Waals surface area contributed by atoms with Crippen molar-refractivity contribution in [1.29, 1.82) is 0 Å². The summed E-state index contributed by atoms with van der Waals surface area (Å²) in [5.74, 6) is 2.38. The summed E-state index contributed by atoms with van der Waals surface area (Å²) in [5.41, 5.74) is 1.51. The maximum Gasteiger partial charge on any atom is 0.319 e. The van der Waals surface area contributed by atoms with Crippen molar-refractivity contribution in [3.8, 4) is 23.0 Å². The van der Waals surface area contributed by atoms with E-state index in [2.05, 4.69) is 10.6 Å². The third kappa shape index (κ3) is 4.68. The van der Waals surface area contributed by atoms with E-state index >= 15 is 0 Å². The first-order chi connectivity index (χ1) is 13.1. The van der Waals surface area contributed by atoms with Crippen LogP contribution in [0.5, 0.6) is 23.0 Å². The van der Waals surface area contributed by atoms with Crippen molar-refractivity contribution in [2.75, 3.05) is 39.3 Å². The molecule has 0 aromatic heterocycles. The molecule has 7 nitrogen and oxygen atoms in total. The quantitative estimate of drug-likeness (QED) is 0.786. The lowest BCUT2D eigenvalue weighted by Crippen LogP contribution is -2.30. The molecule has 0 atom stereocenters. The van der Waals surface area contributed by atoms with E-state index in [0.29, 0.717) is 48.4 Å². The number of benzene rings is 2. The van der Waals surface area contributed by atoms with Gasteiger partial charge >= 0.3 is 6.03 Å². The van der Waals surface area contributed by atoms with Gasteiger partial charge in [0.2, 0.25) is 0 Å². The summed E-state index contributed by atoms with van der Waals surface area (Å²) >= 11 is 6.07. The topological polar surface area (TPSA) is 78.1 Å². The number of fused-ring (bicyclic) bond motifs is 1. The standard InChI is InChI=1S/C19H21ClN2O5/c1-24-16-11-14(17(25-2)10-13(16)20)22-19(23)21-6-5-12-3-4-15-18(9-12)27-8-7-26-15/h3-4,9-11H,5-8H2,1-2H3,(H2,21,22,23). The van der Waals surface area contributed by atoms with Gasteiger partial charge in [-0.15, -0.1) is 0 Å². The highest BCUT2D eigenvalue weighted by molar-refractivity contribution is 6.32. The molecule has 0 unspecified atom stereocenters. The van der Waals surface area contributed by atoms with Crippen LogP contribution < -0.4 is 29.6 Å². The van der Waals surface area contributed by atoms with Gasteiger partial charge in [0.25, 0.3) is 0 Å². The van der Waals surface area contributed by atoms with Crippen molar-refractivity contribution in [3.63, 3.8) is 0 Å². The van der Waals surface area contributed by atoms with Crippen LogP contribution in [-0.2, 0) is 6.42 Å². The Morgan fingerprint density at radius 1 is 1.07 bits per heavy atom. The Morgan fingerprint density at radius 3 is 2.56 bits per heavy atom. The Hall–Kier alpha value is -2.80. The van der Waals surface area contributed by atoms with E-state index in [1.807, 2.05) is 18.2 Å². The van der Waals surface area contributed by atoms with Crippen LogP contribution in [0.15, 0.2) is 30.3 Å². The van der Waals surface area contributed by atoms with Crippen molar-refractivity contribution in [2.45, 2.75) is 6.42 Å². The van der Waals surface area contributed by atoms with Crippen LogP contribution in [0.1, 0.15) is 5.56 Å². The predicted molar refractivity (Wildman–Crippen MR) is 103 cm³/mol. The van der Waals surface area contributed by atoms with E-state index in [1.54, 1.807) is 12.1 Å². The first-order valence-electron chi connectivity index (χ1n) is 8.45. The zero-order valence-corrected chi connectivity index (χ0v) is 15.9. The highest BCUT2D eigenvalue weighted by Crippen LogP contribution is 2.35. The number of carbonyl (C=O) groups is 1. The van der Waals surface area contributed by atoms with E-state index < -0.39 is 0 Å². The number of rotatable bonds is 6. The Morgan fingerprint density at radius 2 is 1.81 bits per heavy atom. The second kappa shape index (κ2) is 8.73. The lowest BCUT2D eigenvalue weighted by molar-refractivity contribution is 0.171. The number of nitrogens with one attached hydrogen (secondary N) is 2. The molecule has 3 rings (SSSR count). The van der Waals surface area contributed by atoms with Crippen LogP contribution in [0.25, 0.3) is 0 Å². The monoisotopic (exact) mass is 392 g/mol. The Labute approximate surface area is 162 Å². The van der Waals surface area contributed by atoms with Crippen LogP contribution >= 0.6 is 11.6 Å². The average molecular weight is 393 g/mol. The normalized spacial score (nSPS) is 12.3. The average Bonchev–Trinajstić information content (AvgIpc) is 2.68. The number of anilines is 1. The number of amides is 2. The number of halogens is 1. The summed E-state index contributed by atoms with van der Waals surface area (Å²) in [6, 6.07) is 8.62. The fraction of sp³-hybridized carbons (Fsp3) is 0.316. The number of ether oxygens (including phenoxy) is 4. The van der Waals surface area contributed by atoms with E-state index in [0.717, 1.165) is 17.1 Å². The van der Waals surface area contributed by atoms with E-state index in [4.69, 9.17) is 30.5 Å². The van der Waals surface area contributed by atoms with Crippen molar-refractivity contribution in [3.05, 3.63) is 40.9 Å². The van der Waals surface area contributed by atoms with Crippen LogP contribution in [0.4, 0.5) is 10.5 Å². The molecule has 1 aliphatic heterocycles. The molecule has 0 saturated carbocycles. The molecule has 2 amide bonds. The van der Waals surface area contributed by atoms with Gasteiger partial charge in [0.15, 0.2) is 11.5 Å². The Kier molecular flexibility index (Phi) is 6.13. The first kappa shape index (κ1) is 19.0. The van der Waals surface area contributed by atoms with Gasteiger partial charge in [0.1, 0.15) is 24.7 Å². The molecule has 0 saturated heterocycles. The lowest BCUT2D eigenvalue weighted by atomic mass is 10.1. The minimum Gasteiger partial charge on any atom is -0.495 e. The highest BCUT2D eigenvalue weighted by atomic mass is 35.5. The number of hydrogen-bond acceptors (Lipinski definition) is 5. The summed E-state index contributed by atoms with van der Waals surface area (Å²) in [7, 11) is 3.01. The summed E-state index contributed by atoms with van der Waals surface area (Å²) in [4.78, 5) is 12.2. The number of carbonyl (C=O) groups excluding carboxylic acids is 1. The fourth-order valence-electron chi connectivity index (χ4n) is 2.69. The van der Waals surface area contributed by atoms with Gasteiger partial charge in [-0.3, -0.25) is 0 Å². The molecule has 144 valence electrons. The molecule has 0 radical (unpaired) electrons. The van der Waals surface area contributed by atoms with Gasteiger partial charge < -0.3 is 29.6 Å². The molecule has 8 heteroatoms. The third-order valence-corrected chi connectivity index (χ3v) is 4.32. The number of urea groups is 1. The maximum absolute atomic E-state index is 12.2. The summed E-state index contributed by atoms with van der Waals surface area (Å²) in [6.07, 6.45) is 0.658. The molecule has 2 aromatic carbocycles. The largest absolute Gasteiger partial charge is 0.495 e. The number of methoxy groups -OCH3 is 2. The van der Waals surface area contributed by atoms with Gasteiger partial charge in [-0.2, -0.15) is 0 Å². The van der Waals surface area contributed by atoms with Crippen molar-refractivity contribution < 1.29 is 23.7 Å². The van der Waals surface area contributed by atoms with Crippen LogP contribution in [0.2, 0.25) is 5.02 Å². The smallest absolute Gasteiger partial charge is 0.319 e. The minimum absolute atomic E-state index is 0.352. The molecule has 27 heavy (non-hydrogen) atoms. The first-order valence-corrected chi connectivity index (χ1v) is 8.83. The molecule has 1 heterocycles. The fourth-order valence-corrected chi connectivity index (χ4v) is 2.92. The molecule has 0 bridgehead atoms. The second-order valence-electron chi connectivity index (χ2n) is 5.80. The maximum atomic E-state index is 12.2. The third-order valence-electron chi connectivity index (χ3n) is 4.03. The van der Waals surface area contributed by atoms with Crippen LogP contribution in [-0.4, -0.2) is 40.0 Å². The van der Waals surface area contributed by atoms with E-state index in [1.165, 1.54) is 14.2 Å². The van der Waals surface area contributed by atoms with Gasteiger partial charge in [-0.1, -0.05) is 17.7 Å². The Bertz CT molecular complexity index is 828. The van der Waals surface area contributed by atoms with E-state index in [9.17, 15) is 4.79 Å². The molecule has 0 fully saturated rings. The van der Waals surface area contributed by atoms with Gasteiger partial charge in [-0.05, 0) is 24.1 Å².